The molecule has 1 aliphatic carbocycles. The first-order valence-corrected chi connectivity index (χ1v) is 9.05. The molecule has 2 aliphatic rings. The molecule has 2 rings (SSSR count). The highest BCUT2D eigenvalue weighted by Crippen LogP contribution is 2.19. The fourth-order valence-electron chi connectivity index (χ4n) is 2.39. The van der Waals surface area contributed by atoms with Crippen molar-refractivity contribution in [2.24, 2.45) is 0 Å². The van der Waals surface area contributed by atoms with Gasteiger partial charge in [0.2, 0.25) is 10.0 Å². The fraction of sp³-hybridized carbons (Fsp3) is 1.00. The first kappa shape index (κ1) is 15.2. The molecule has 0 aromatic rings. The van der Waals surface area contributed by atoms with Crippen LogP contribution >= 0.6 is 0 Å². The second-order valence-corrected chi connectivity index (χ2v) is 7.63. The Morgan fingerprint density at radius 1 is 1.32 bits per heavy atom. The van der Waals surface area contributed by atoms with Crippen LogP contribution < -0.4 is 5.32 Å². The van der Waals surface area contributed by atoms with Gasteiger partial charge in [0.25, 0.3) is 0 Å². The van der Waals surface area contributed by atoms with E-state index < -0.39 is 10.0 Å². The highest BCUT2D eigenvalue weighted by atomic mass is 32.2. The predicted octanol–water partition coefficient (Wildman–Crippen LogP) is 0.959. The summed E-state index contributed by atoms with van der Waals surface area (Å²) in [6, 6.07) is 0.567. The average molecular weight is 290 g/mol. The maximum absolute atomic E-state index is 12.2. The van der Waals surface area contributed by atoms with E-state index in [0.29, 0.717) is 25.7 Å². The zero-order valence-electron chi connectivity index (χ0n) is 11.8. The lowest BCUT2D eigenvalue weighted by atomic mass is 10.1. The summed E-state index contributed by atoms with van der Waals surface area (Å²) < 4.78 is 31.8. The number of hydrogen-bond donors (Lipinski definition) is 1. The van der Waals surface area contributed by atoms with Crippen molar-refractivity contribution >= 4 is 10.0 Å². The second kappa shape index (κ2) is 7.02. The van der Waals surface area contributed by atoms with Crippen molar-refractivity contribution in [3.05, 3.63) is 0 Å². The summed E-state index contributed by atoms with van der Waals surface area (Å²) in [5.41, 5.74) is 0. The summed E-state index contributed by atoms with van der Waals surface area (Å²) in [5, 5.41) is 3.26. The Kier molecular flexibility index (Phi) is 5.62. The van der Waals surface area contributed by atoms with E-state index in [9.17, 15) is 8.42 Å². The van der Waals surface area contributed by atoms with Gasteiger partial charge in [0.1, 0.15) is 0 Å². The monoisotopic (exact) mass is 290 g/mol. The first-order valence-electron chi connectivity index (χ1n) is 7.44. The molecule has 0 bridgehead atoms. The third kappa shape index (κ3) is 5.02. The third-order valence-electron chi connectivity index (χ3n) is 3.66. The maximum Gasteiger partial charge on any atom is 0.215 e. The molecule has 1 heterocycles. The van der Waals surface area contributed by atoms with Crippen LogP contribution in [-0.4, -0.2) is 56.9 Å². The van der Waals surface area contributed by atoms with Crippen LogP contribution in [0, 0.1) is 0 Å². The number of nitrogens with one attached hydrogen (secondary N) is 1. The highest BCUT2D eigenvalue weighted by molar-refractivity contribution is 7.89. The number of nitrogens with zero attached hydrogens (tertiary/aromatic N) is 1. The summed E-state index contributed by atoms with van der Waals surface area (Å²) >= 11 is 0. The van der Waals surface area contributed by atoms with Crippen molar-refractivity contribution in [2.75, 3.05) is 32.0 Å². The van der Waals surface area contributed by atoms with Gasteiger partial charge in [-0.3, -0.25) is 0 Å². The lowest BCUT2D eigenvalue weighted by Gasteiger charge is -2.31. The quantitative estimate of drug-likeness (QED) is 0.723. The Morgan fingerprint density at radius 3 is 2.79 bits per heavy atom. The zero-order chi connectivity index (χ0) is 13.7. The van der Waals surface area contributed by atoms with Crippen LogP contribution in [0.4, 0.5) is 0 Å². The molecule has 1 unspecified atom stereocenters. The third-order valence-corrected chi connectivity index (χ3v) is 5.50. The van der Waals surface area contributed by atoms with Crippen LogP contribution in [0.25, 0.3) is 0 Å². The number of piperidine rings is 1. The van der Waals surface area contributed by atoms with Gasteiger partial charge < -0.3 is 10.1 Å². The molecule has 0 radical (unpaired) electrons. The topological polar surface area (TPSA) is 58.6 Å². The molecule has 2 fully saturated rings. The fourth-order valence-corrected chi connectivity index (χ4v) is 3.82. The van der Waals surface area contributed by atoms with Gasteiger partial charge in [0, 0.05) is 32.3 Å². The van der Waals surface area contributed by atoms with Gasteiger partial charge >= 0.3 is 0 Å². The minimum absolute atomic E-state index is 0.0832. The minimum Gasteiger partial charge on any atom is -0.377 e. The van der Waals surface area contributed by atoms with Crippen LogP contribution in [0.3, 0.4) is 0 Å². The molecule has 1 saturated heterocycles. The van der Waals surface area contributed by atoms with Crippen molar-refractivity contribution < 1.29 is 13.2 Å². The molecule has 0 aromatic carbocycles. The number of hydrogen-bond acceptors (Lipinski definition) is 4. The van der Waals surface area contributed by atoms with E-state index in [-0.39, 0.29) is 11.9 Å². The van der Waals surface area contributed by atoms with E-state index >= 15 is 0 Å². The molecule has 1 atom stereocenters. The molecular weight excluding hydrogens is 264 g/mol. The van der Waals surface area contributed by atoms with Gasteiger partial charge in [-0.15, -0.1) is 0 Å². The standard InChI is InChI=1S/C13H26N2O3S/c1-2-9-18-13-4-3-8-15(11-13)19(16,17)10-7-14-12-5-6-12/h12-14H,2-11H2,1H3. The lowest BCUT2D eigenvalue weighted by Crippen LogP contribution is -2.45. The van der Waals surface area contributed by atoms with Crippen LogP contribution in [0.5, 0.6) is 0 Å². The van der Waals surface area contributed by atoms with Gasteiger partial charge in [-0.2, -0.15) is 4.31 Å². The van der Waals surface area contributed by atoms with Crippen LogP contribution in [0.2, 0.25) is 0 Å². The van der Waals surface area contributed by atoms with Crippen LogP contribution in [-0.2, 0) is 14.8 Å². The Balaban J connectivity index is 1.76. The van der Waals surface area contributed by atoms with Gasteiger partial charge in [-0.25, -0.2) is 8.42 Å². The molecule has 6 heteroatoms. The Bertz CT molecular complexity index is 368. The molecule has 1 N–H and O–H groups in total. The summed E-state index contributed by atoms with van der Waals surface area (Å²) in [7, 11) is -3.12. The van der Waals surface area contributed by atoms with Crippen molar-refractivity contribution in [1.29, 1.82) is 0 Å². The largest absolute Gasteiger partial charge is 0.377 e. The van der Waals surface area contributed by atoms with E-state index in [4.69, 9.17) is 4.74 Å². The van der Waals surface area contributed by atoms with Crippen LogP contribution in [0.1, 0.15) is 39.0 Å². The summed E-state index contributed by atoms with van der Waals surface area (Å²) in [6.45, 7) is 4.55. The molecular formula is C13H26N2O3S. The van der Waals surface area contributed by atoms with Gasteiger partial charge in [0.05, 0.1) is 11.9 Å². The second-order valence-electron chi connectivity index (χ2n) is 5.54. The van der Waals surface area contributed by atoms with Crippen molar-refractivity contribution in [3.63, 3.8) is 0 Å². The van der Waals surface area contributed by atoms with Gasteiger partial charge in [-0.05, 0) is 32.1 Å². The Morgan fingerprint density at radius 2 is 2.11 bits per heavy atom. The van der Waals surface area contributed by atoms with Crippen molar-refractivity contribution in [2.45, 2.75) is 51.2 Å². The SMILES string of the molecule is CCCOC1CCCN(S(=O)(=O)CCNC2CC2)C1. The number of ether oxygens (including phenoxy) is 1. The Labute approximate surface area is 116 Å². The van der Waals surface area contributed by atoms with Crippen molar-refractivity contribution in [3.8, 4) is 0 Å². The maximum atomic E-state index is 12.2. The minimum atomic E-state index is -3.12. The van der Waals surface area contributed by atoms with E-state index in [1.54, 1.807) is 4.31 Å². The van der Waals surface area contributed by atoms with E-state index in [2.05, 4.69) is 12.2 Å². The van der Waals surface area contributed by atoms with E-state index in [1.807, 2.05) is 0 Å². The van der Waals surface area contributed by atoms with Gasteiger partial charge in [-0.1, -0.05) is 6.92 Å². The van der Waals surface area contributed by atoms with E-state index in [1.165, 1.54) is 12.8 Å². The molecule has 1 aliphatic heterocycles. The van der Waals surface area contributed by atoms with E-state index in [0.717, 1.165) is 25.9 Å². The molecule has 19 heavy (non-hydrogen) atoms. The molecule has 112 valence electrons. The lowest BCUT2D eigenvalue weighted by molar-refractivity contribution is 0.0193. The van der Waals surface area contributed by atoms with Gasteiger partial charge in [0.15, 0.2) is 0 Å². The Hall–Kier alpha value is -0.170. The summed E-state index contributed by atoms with van der Waals surface area (Å²) in [6.07, 6.45) is 5.33. The molecule has 1 saturated carbocycles. The summed E-state index contributed by atoms with van der Waals surface area (Å²) in [5.74, 6) is 0.212. The first-order chi connectivity index (χ1) is 9.12. The molecule has 0 amide bonds. The smallest absolute Gasteiger partial charge is 0.215 e. The number of rotatable bonds is 8. The highest BCUT2D eigenvalue weighted by Gasteiger charge is 2.29. The average Bonchev–Trinajstić information content (AvgIpc) is 3.21. The summed E-state index contributed by atoms with van der Waals surface area (Å²) in [4.78, 5) is 0. The predicted molar refractivity (Wildman–Crippen MR) is 75.6 cm³/mol. The zero-order valence-corrected chi connectivity index (χ0v) is 12.6. The molecule has 0 aromatic heterocycles. The van der Waals surface area contributed by atoms with Crippen molar-refractivity contribution in [1.82, 2.24) is 9.62 Å². The molecule has 0 spiro atoms. The molecule has 5 nitrogen and oxygen atoms in total. The number of sulfonamides is 1. The van der Waals surface area contributed by atoms with Crippen LogP contribution in [0.15, 0.2) is 0 Å². The normalized spacial score (nSPS) is 25.6.